The van der Waals surface area contributed by atoms with Crippen molar-refractivity contribution in [2.75, 3.05) is 13.1 Å². The van der Waals surface area contributed by atoms with Crippen LogP contribution in [0.4, 0.5) is 13.2 Å². The standard InChI is InChI=1S/C19H19N5O.C2HF3O2/c1-23-9-3-5-17(23)19(25)24-10-6-15-16(7-11-24)21-13-22-18(15)14-4-2-8-20-12-14;3-2(4,5)1(6)7/h2-5,8-9,12-13H,6-7,10-11H2,1H3;(H,6,7). The molecule has 4 heterocycles. The zero-order chi connectivity index (χ0) is 23.3. The first-order valence-corrected chi connectivity index (χ1v) is 9.62. The molecule has 0 saturated carbocycles. The molecule has 11 heteroatoms. The summed E-state index contributed by atoms with van der Waals surface area (Å²) < 4.78 is 33.6. The molecule has 4 rings (SSSR count). The summed E-state index contributed by atoms with van der Waals surface area (Å²) in [5.41, 5.74) is 4.77. The number of aliphatic carboxylic acids is 1. The maximum absolute atomic E-state index is 12.8. The number of hydrogen-bond donors (Lipinski definition) is 1. The predicted octanol–water partition coefficient (Wildman–Crippen LogP) is 2.75. The molecule has 0 spiro atoms. The van der Waals surface area contributed by atoms with Gasteiger partial charge in [0, 0.05) is 62.0 Å². The van der Waals surface area contributed by atoms with Crippen LogP contribution in [0, 0.1) is 0 Å². The number of carboxylic acids is 1. The van der Waals surface area contributed by atoms with Gasteiger partial charge in [-0.3, -0.25) is 9.78 Å². The van der Waals surface area contributed by atoms with E-state index in [2.05, 4.69) is 15.0 Å². The first-order chi connectivity index (χ1) is 15.2. The van der Waals surface area contributed by atoms with Gasteiger partial charge in [-0.25, -0.2) is 14.8 Å². The van der Waals surface area contributed by atoms with Crippen LogP contribution in [0.15, 0.2) is 49.2 Å². The average molecular weight is 447 g/mol. The van der Waals surface area contributed by atoms with Crippen LogP contribution in [0.2, 0.25) is 0 Å². The quantitative estimate of drug-likeness (QED) is 0.648. The second-order valence-electron chi connectivity index (χ2n) is 6.99. The van der Waals surface area contributed by atoms with Gasteiger partial charge in [-0.05, 0) is 30.7 Å². The van der Waals surface area contributed by atoms with Gasteiger partial charge in [-0.2, -0.15) is 13.2 Å². The predicted molar refractivity (Wildman–Crippen MR) is 108 cm³/mol. The number of fused-ring (bicyclic) bond motifs is 1. The van der Waals surface area contributed by atoms with Crippen molar-refractivity contribution in [1.82, 2.24) is 24.4 Å². The molecular weight excluding hydrogens is 427 g/mol. The Morgan fingerprint density at radius 2 is 1.81 bits per heavy atom. The van der Waals surface area contributed by atoms with E-state index in [0.29, 0.717) is 18.8 Å². The van der Waals surface area contributed by atoms with Crippen LogP contribution in [0.25, 0.3) is 11.3 Å². The highest BCUT2D eigenvalue weighted by molar-refractivity contribution is 5.92. The summed E-state index contributed by atoms with van der Waals surface area (Å²) in [5.74, 6) is -2.69. The van der Waals surface area contributed by atoms with Crippen molar-refractivity contribution in [3.63, 3.8) is 0 Å². The number of hydrogen-bond acceptors (Lipinski definition) is 5. The third kappa shape index (κ3) is 5.29. The highest BCUT2D eigenvalue weighted by atomic mass is 19.4. The lowest BCUT2D eigenvalue weighted by molar-refractivity contribution is -0.192. The molecule has 0 bridgehead atoms. The molecule has 0 radical (unpaired) electrons. The molecule has 0 aromatic carbocycles. The van der Waals surface area contributed by atoms with Crippen LogP contribution in [-0.2, 0) is 24.7 Å². The highest BCUT2D eigenvalue weighted by Gasteiger charge is 2.38. The Morgan fingerprint density at radius 1 is 1.09 bits per heavy atom. The summed E-state index contributed by atoms with van der Waals surface area (Å²) in [5, 5.41) is 7.12. The van der Waals surface area contributed by atoms with Gasteiger partial charge in [0.1, 0.15) is 12.0 Å². The second kappa shape index (κ2) is 9.58. The molecule has 0 saturated heterocycles. The van der Waals surface area contributed by atoms with Crippen LogP contribution < -0.4 is 0 Å². The van der Waals surface area contributed by atoms with Gasteiger partial charge in [0.25, 0.3) is 5.91 Å². The molecule has 3 aromatic rings. The van der Waals surface area contributed by atoms with E-state index in [0.717, 1.165) is 35.4 Å². The fourth-order valence-corrected chi connectivity index (χ4v) is 3.33. The van der Waals surface area contributed by atoms with Crippen molar-refractivity contribution < 1.29 is 27.9 Å². The van der Waals surface area contributed by atoms with Gasteiger partial charge in [0.05, 0.1) is 5.69 Å². The molecule has 0 unspecified atom stereocenters. The van der Waals surface area contributed by atoms with Crippen molar-refractivity contribution in [3.8, 4) is 11.3 Å². The lowest BCUT2D eigenvalue weighted by atomic mass is 10.0. The summed E-state index contributed by atoms with van der Waals surface area (Å²) in [6.07, 6.45) is 3.48. The van der Waals surface area contributed by atoms with Crippen molar-refractivity contribution in [1.29, 1.82) is 0 Å². The number of halogens is 3. The molecule has 0 fully saturated rings. The summed E-state index contributed by atoms with van der Waals surface area (Å²) in [6.45, 7) is 1.33. The number of amides is 1. The van der Waals surface area contributed by atoms with E-state index in [9.17, 15) is 18.0 Å². The minimum Gasteiger partial charge on any atom is -0.475 e. The number of pyridine rings is 1. The van der Waals surface area contributed by atoms with E-state index >= 15 is 0 Å². The number of alkyl halides is 3. The van der Waals surface area contributed by atoms with E-state index in [1.54, 1.807) is 12.5 Å². The molecule has 1 aliphatic rings. The average Bonchev–Trinajstić information content (AvgIpc) is 3.07. The Morgan fingerprint density at radius 3 is 2.41 bits per heavy atom. The van der Waals surface area contributed by atoms with Gasteiger partial charge in [0.15, 0.2) is 0 Å². The molecule has 32 heavy (non-hydrogen) atoms. The number of rotatable bonds is 2. The molecule has 8 nitrogen and oxygen atoms in total. The van der Waals surface area contributed by atoms with E-state index in [1.165, 1.54) is 0 Å². The molecule has 1 amide bonds. The lowest BCUT2D eigenvalue weighted by Gasteiger charge is -2.20. The van der Waals surface area contributed by atoms with Gasteiger partial charge < -0.3 is 14.6 Å². The smallest absolute Gasteiger partial charge is 0.475 e. The number of carbonyl (C=O) groups is 2. The highest BCUT2D eigenvalue weighted by Crippen LogP contribution is 2.25. The van der Waals surface area contributed by atoms with Crippen LogP contribution in [0.1, 0.15) is 21.7 Å². The molecule has 1 N–H and O–H groups in total. The number of nitrogens with zero attached hydrogens (tertiary/aromatic N) is 5. The first-order valence-electron chi connectivity index (χ1n) is 9.62. The van der Waals surface area contributed by atoms with Crippen LogP contribution >= 0.6 is 0 Å². The van der Waals surface area contributed by atoms with Gasteiger partial charge in [-0.1, -0.05) is 0 Å². The van der Waals surface area contributed by atoms with Crippen LogP contribution in [0.5, 0.6) is 0 Å². The third-order valence-electron chi connectivity index (χ3n) is 4.91. The van der Waals surface area contributed by atoms with Crippen molar-refractivity contribution in [2.45, 2.75) is 19.0 Å². The minimum absolute atomic E-state index is 0.0659. The molecule has 0 atom stereocenters. The zero-order valence-corrected chi connectivity index (χ0v) is 17.1. The molecular formula is C21H20F3N5O3. The molecule has 0 aliphatic carbocycles. The monoisotopic (exact) mass is 447 g/mol. The Labute approximate surface area is 181 Å². The second-order valence-corrected chi connectivity index (χ2v) is 6.99. The van der Waals surface area contributed by atoms with Gasteiger partial charge in [-0.15, -0.1) is 0 Å². The third-order valence-corrected chi connectivity index (χ3v) is 4.91. The van der Waals surface area contributed by atoms with Crippen molar-refractivity contribution >= 4 is 11.9 Å². The Bertz CT molecular complexity index is 1100. The topological polar surface area (TPSA) is 101 Å². The Balaban J connectivity index is 0.000000360. The van der Waals surface area contributed by atoms with Crippen LogP contribution in [0.3, 0.4) is 0 Å². The zero-order valence-electron chi connectivity index (χ0n) is 17.1. The normalized spacial score (nSPS) is 13.4. The summed E-state index contributed by atoms with van der Waals surface area (Å²) in [4.78, 5) is 36.7. The summed E-state index contributed by atoms with van der Waals surface area (Å²) in [6, 6.07) is 7.67. The number of aryl methyl sites for hydroxylation is 1. The summed E-state index contributed by atoms with van der Waals surface area (Å²) in [7, 11) is 1.89. The Kier molecular flexibility index (Phi) is 6.86. The van der Waals surface area contributed by atoms with Crippen LogP contribution in [-0.4, -0.2) is 60.7 Å². The van der Waals surface area contributed by atoms with E-state index in [1.807, 2.05) is 53.2 Å². The molecule has 168 valence electrons. The SMILES string of the molecule is Cn1cccc1C(=O)N1CCc2ncnc(-c3cccnc3)c2CC1.O=C(O)C(F)(F)F. The maximum Gasteiger partial charge on any atom is 0.490 e. The number of aromatic nitrogens is 4. The largest absolute Gasteiger partial charge is 0.490 e. The summed E-state index contributed by atoms with van der Waals surface area (Å²) >= 11 is 0. The van der Waals surface area contributed by atoms with Gasteiger partial charge >= 0.3 is 12.1 Å². The first kappa shape index (κ1) is 22.9. The van der Waals surface area contributed by atoms with Crippen molar-refractivity contribution in [3.05, 3.63) is 66.1 Å². The van der Waals surface area contributed by atoms with E-state index in [-0.39, 0.29) is 5.91 Å². The number of carboxylic acid groups (broad SMARTS) is 1. The maximum atomic E-state index is 12.8. The fourth-order valence-electron chi connectivity index (χ4n) is 3.33. The van der Waals surface area contributed by atoms with E-state index < -0.39 is 12.1 Å². The number of carbonyl (C=O) groups excluding carboxylic acids is 1. The Hall–Kier alpha value is -3.76. The molecule has 3 aromatic heterocycles. The van der Waals surface area contributed by atoms with Crippen molar-refractivity contribution in [2.24, 2.45) is 7.05 Å². The van der Waals surface area contributed by atoms with E-state index in [4.69, 9.17) is 9.90 Å². The van der Waals surface area contributed by atoms with Gasteiger partial charge in [0.2, 0.25) is 0 Å². The minimum atomic E-state index is -5.08. The molecule has 1 aliphatic heterocycles. The fraction of sp³-hybridized carbons (Fsp3) is 0.286. The lowest BCUT2D eigenvalue weighted by Crippen LogP contribution is -2.34.